The Labute approximate surface area is 169 Å². The van der Waals surface area contributed by atoms with Gasteiger partial charge in [0.15, 0.2) is 0 Å². The molecule has 0 amide bonds. The van der Waals surface area contributed by atoms with Crippen LogP contribution < -0.4 is 34.5 Å². The second-order valence-electron chi connectivity index (χ2n) is 5.14. The normalized spacial score (nSPS) is 15.4. The second-order valence-corrected chi connectivity index (χ2v) is 8.25. The molecular formula is C15H18NNaO3S3. The zero-order chi connectivity index (χ0) is 16.3. The molecule has 1 aromatic carbocycles. The van der Waals surface area contributed by atoms with Crippen LogP contribution in [0.25, 0.3) is 0 Å². The van der Waals surface area contributed by atoms with E-state index in [4.69, 9.17) is 12.2 Å². The number of thioether (sulfide) groups is 1. The molecule has 1 aliphatic heterocycles. The van der Waals surface area contributed by atoms with Gasteiger partial charge < -0.3 is 9.45 Å². The third-order valence-corrected chi connectivity index (χ3v) is 5.60. The van der Waals surface area contributed by atoms with Gasteiger partial charge in [-0.05, 0) is 43.5 Å². The molecule has 2 rings (SSSR count). The SMILES string of the molecule is CCC(=S)/C=C1/Sc2ccc(C)cc2N1CCCS(=O)(=O)[O-].[Na+]. The first-order valence-electron chi connectivity index (χ1n) is 7.04. The fourth-order valence-electron chi connectivity index (χ4n) is 2.19. The van der Waals surface area contributed by atoms with Crippen LogP contribution in [0.4, 0.5) is 5.69 Å². The molecule has 0 spiro atoms. The Balaban J connectivity index is 0.00000264. The average molecular weight is 380 g/mol. The van der Waals surface area contributed by atoms with Gasteiger partial charge in [0.05, 0.1) is 20.8 Å². The summed E-state index contributed by atoms with van der Waals surface area (Å²) in [7, 11) is -4.18. The molecule has 0 fully saturated rings. The van der Waals surface area contributed by atoms with E-state index in [0.717, 1.165) is 32.5 Å². The van der Waals surface area contributed by atoms with E-state index in [0.29, 0.717) is 13.0 Å². The van der Waals surface area contributed by atoms with Crippen molar-refractivity contribution >= 4 is 44.6 Å². The number of anilines is 1. The van der Waals surface area contributed by atoms with Crippen LogP contribution in [0.15, 0.2) is 34.2 Å². The van der Waals surface area contributed by atoms with Crippen LogP contribution in [0.2, 0.25) is 0 Å². The minimum Gasteiger partial charge on any atom is -0.748 e. The van der Waals surface area contributed by atoms with Gasteiger partial charge in [-0.15, -0.1) is 0 Å². The van der Waals surface area contributed by atoms with Crippen molar-refractivity contribution in [2.24, 2.45) is 0 Å². The van der Waals surface area contributed by atoms with Crippen molar-refractivity contribution in [3.8, 4) is 0 Å². The summed E-state index contributed by atoms with van der Waals surface area (Å²) < 4.78 is 32.4. The van der Waals surface area contributed by atoms with Crippen molar-refractivity contribution in [3.63, 3.8) is 0 Å². The summed E-state index contributed by atoms with van der Waals surface area (Å²) in [6, 6.07) is 6.18. The quantitative estimate of drug-likeness (QED) is 0.310. The van der Waals surface area contributed by atoms with Crippen LogP contribution in [0.5, 0.6) is 0 Å². The summed E-state index contributed by atoms with van der Waals surface area (Å²) in [6.07, 6.45) is 3.05. The molecule has 8 heteroatoms. The van der Waals surface area contributed by atoms with Gasteiger partial charge in [-0.3, -0.25) is 0 Å². The zero-order valence-electron chi connectivity index (χ0n) is 13.5. The Hall–Kier alpha value is 0.110. The van der Waals surface area contributed by atoms with E-state index in [-0.39, 0.29) is 35.3 Å². The Bertz CT molecular complexity index is 717. The third kappa shape index (κ3) is 6.16. The molecule has 120 valence electrons. The zero-order valence-corrected chi connectivity index (χ0v) is 18.0. The summed E-state index contributed by atoms with van der Waals surface area (Å²) >= 11 is 6.92. The molecule has 4 nitrogen and oxygen atoms in total. The molecule has 0 aromatic heterocycles. The summed E-state index contributed by atoms with van der Waals surface area (Å²) in [5.74, 6) is -0.346. The fourth-order valence-corrected chi connectivity index (χ4v) is 3.99. The van der Waals surface area contributed by atoms with E-state index in [1.165, 1.54) is 0 Å². The van der Waals surface area contributed by atoms with Gasteiger partial charge in [-0.25, -0.2) is 8.42 Å². The minimum atomic E-state index is -4.18. The molecule has 0 bridgehead atoms. The molecule has 0 aliphatic carbocycles. The van der Waals surface area contributed by atoms with Gasteiger partial charge in [0.2, 0.25) is 0 Å². The number of allylic oxidation sites excluding steroid dienone is 1. The Kier molecular flexibility index (Phi) is 8.27. The summed E-state index contributed by atoms with van der Waals surface area (Å²) in [4.78, 5) is 4.04. The van der Waals surface area contributed by atoms with E-state index in [1.807, 2.05) is 26.0 Å². The number of aryl methyl sites for hydroxylation is 1. The van der Waals surface area contributed by atoms with Gasteiger partial charge in [0.25, 0.3) is 0 Å². The van der Waals surface area contributed by atoms with Gasteiger partial charge in [0, 0.05) is 22.1 Å². The second kappa shape index (κ2) is 8.99. The molecule has 23 heavy (non-hydrogen) atoms. The number of hydrogen-bond acceptors (Lipinski definition) is 6. The van der Waals surface area contributed by atoms with Gasteiger partial charge in [-0.2, -0.15) is 0 Å². The third-order valence-electron chi connectivity index (χ3n) is 3.29. The maximum absolute atomic E-state index is 10.8. The van der Waals surface area contributed by atoms with Gasteiger partial charge >= 0.3 is 29.6 Å². The van der Waals surface area contributed by atoms with Crippen LogP contribution in [0.3, 0.4) is 0 Å². The maximum atomic E-state index is 10.8. The van der Waals surface area contributed by atoms with E-state index in [9.17, 15) is 13.0 Å². The Morgan fingerprint density at radius 1 is 1.43 bits per heavy atom. The van der Waals surface area contributed by atoms with Crippen LogP contribution >= 0.6 is 24.0 Å². The molecule has 1 heterocycles. The molecule has 0 atom stereocenters. The Morgan fingerprint density at radius 3 is 2.74 bits per heavy atom. The summed E-state index contributed by atoms with van der Waals surface area (Å²) in [5, 5.41) is 0.996. The molecular weight excluding hydrogens is 361 g/mol. The Morgan fingerprint density at radius 2 is 2.13 bits per heavy atom. The molecule has 1 aliphatic rings. The predicted octanol–water partition coefficient (Wildman–Crippen LogP) is 0.468. The number of rotatable bonds is 6. The fraction of sp³-hybridized carbons (Fsp3) is 0.400. The van der Waals surface area contributed by atoms with E-state index >= 15 is 0 Å². The largest absolute Gasteiger partial charge is 1.00 e. The average Bonchev–Trinajstić information content (AvgIpc) is 2.75. The monoisotopic (exact) mass is 379 g/mol. The molecule has 0 saturated carbocycles. The van der Waals surface area contributed by atoms with Crippen molar-refractivity contribution in [2.75, 3.05) is 17.2 Å². The number of hydrogen-bond donors (Lipinski definition) is 0. The number of benzene rings is 1. The molecule has 1 aromatic rings. The van der Waals surface area contributed by atoms with Crippen LogP contribution in [-0.2, 0) is 10.1 Å². The number of nitrogens with zero attached hydrogens (tertiary/aromatic N) is 1. The predicted molar refractivity (Wildman–Crippen MR) is 94.5 cm³/mol. The molecule has 0 N–H and O–H groups in total. The summed E-state index contributed by atoms with van der Waals surface area (Å²) in [6.45, 7) is 4.51. The standard InChI is InChI=1S/C15H19NO3S3.Na/c1-3-12(20)10-15-16(7-4-8-22(17,18)19)13-9-11(2)5-6-14(13)21-15;/h5-6,9-10H,3-4,7-8H2,1-2H3,(H,17,18,19);/q;+1/p-1/b15-10+;. The van der Waals surface area contributed by atoms with Gasteiger partial charge in [0.1, 0.15) is 0 Å². The maximum Gasteiger partial charge on any atom is 1.00 e. The van der Waals surface area contributed by atoms with Crippen LogP contribution in [-0.4, -0.2) is 30.1 Å². The van der Waals surface area contributed by atoms with Crippen molar-refractivity contribution < 1.29 is 42.5 Å². The first kappa shape index (κ1) is 21.2. The molecule has 0 unspecified atom stereocenters. The van der Waals surface area contributed by atoms with Gasteiger partial charge in [-0.1, -0.05) is 37.0 Å². The molecule has 0 radical (unpaired) electrons. The molecule has 0 saturated heterocycles. The van der Waals surface area contributed by atoms with Crippen molar-refractivity contribution in [1.29, 1.82) is 0 Å². The smallest absolute Gasteiger partial charge is 0.748 e. The van der Waals surface area contributed by atoms with E-state index < -0.39 is 10.1 Å². The van der Waals surface area contributed by atoms with Crippen molar-refractivity contribution in [2.45, 2.75) is 31.6 Å². The summed E-state index contributed by atoms with van der Waals surface area (Å²) in [5.41, 5.74) is 2.19. The van der Waals surface area contributed by atoms with Crippen LogP contribution in [0, 0.1) is 6.92 Å². The number of fused-ring (bicyclic) bond motifs is 1. The van der Waals surface area contributed by atoms with E-state index in [1.54, 1.807) is 11.8 Å². The number of thiocarbonyl (C=S) groups is 1. The topological polar surface area (TPSA) is 60.4 Å². The van der Waals surface area contributed by atoms with Crippen molar-refractivity contribution in [3.05, 3.63) is 34.9 Å². The van der Waals surface area contributed by atoms with Crippen molar-refractivity contribution in [1.82, 2.24) is 0 Å². The first-order chi connectivity index (χ1) is 10.3. The minimum absolute atomic E-state index is 0. The first-order valence-corrected chi connectivity index (χ1v) is 9.84. The van der Waals surface area contributed by atoms with Crippen LogP contribution in [0.1, 0.15) is 25.3 Å². The van der Waals surface area contributed by atoms with E-state index in [2.05, 4.69) is 17.0 Å².